The van der Waals surface area contributed by atoms with Crippen LogP contribution in [0, 0.1) is 5.41 Å². The maximum Gasteiger partial charge on any atom is 0.0235 e. The summed E-state index contributed by atoms with van der Waals surface area (Å²) in [5.74, 6) is 0. The third-order valence-corrected chi connectivity index (χ3v) is 4.23. The minimum Gasteiger partial charge on any atom is -0.315 e. The van der Waals surface area contributed by atoms with Crippen LogP contribution in [0.4, 0.5) is 0 Å². The highest BCUT2D eigenvalue weighted by atomic mass is 15.3. The first-order chi connectivity index (χ1) is 8.96. The van der Waals surface area contributed by atoms with Gasteiger partial charge in [-0.1, -0.05) is 34.6 Å². The minimum absolute atomic E-state index is 0.453. The number of likely N-dealkylation sites (N-methyl/N-ethyl adjacent to an activating group) is 1. The zero-order valence-electron chi connectivity index (χ0n) is 13.8. The van der Waals surface area contributed by atoms with E-state index in [9.17, 15) is 0 Å². The van der Waals surface area contributed by atoms with Gasteiger partial charge in [-0.2, -0.15) is 0 Å². The number of likely N-dealkylation sites (tertiary alicyclic amines) is 1. The van der Waals surface area contributed by atoms with Crippen molar-refractivity contribution in [3.05, 3.63) is 0 Å². The quantitative estimate of drug-likeness (QED) is 0.683. The number of nitrogens with one attached hydrogen (secondary N) is 1. The summed E-state index contributed by atoms with van der Waals surface area (Å²) in [5, 5.41) is 3.59. The van der Waals surface area contributed by atoms with Crippen molar-refractivity contribution in [3.63, 3.8) is 0 Å². The van der Waals surface area contributed by atoms with Crippen LogP contribution in [0.2, 0.25) is 0 Å². The fourth-order valence-corrected chi connectivity index (χ4v) is 2.88. The zero-order valence-corrected chi connectivity index (χ0v) is 13.8. The molecular weight excluding hydrogens is 234 g/mol. The van der Waals surface area contributed by atoms with Gasteiger partial charge < -0.3 is 10.2 Å². The topological polar surface area (TPSA) is 18.5 Å². The van der Waals surface area contributed by atoms with Gasteiger partial charge in [-0.25, -0.2) is 0 Å². The molecule has 1 unspecified atom stereocenters. The Bertz CT molecular complexity index is 231. The minimum atomic E-state index is 0.453. The van der Waals surface area contributed by atoms with Crippen LogP contribution < -0.4 is 5.32 Å². The zero-order chi connectivity index (χ0) is 14.3. The van der Waals surface area contributed by atoms with Crippen LogP contribution in [-0.2, 0) is 0 Å². The van der Waals surface area contributed by atoms with Gasteiger partial charge in [0.2, 0.25) is 0 Å². The van der Waals surface area contributed by atoms with Gasteiger partial charge in [0.15, 0.2) is 0 Å². The lowest BCUT2D eigenvalue weighted by Crippen LogP contribution is -2.38. The summed E-state index contributed by atoms with van der Waals surface area (Å²) in [6.07, 6.45) is 2.61. The molecule has 0 bridgehead atoms. The number of nitrogens with zero attached hydrogens (tertiary/aromatic N) is 2. The lowest BCUT2D eigenvalue weighted by atomic mass is 9.92. The molecule has 114 valence electrons. The predicted molar refractivity (Wildman–Crippen MR) is 84.7 cm³/mol. The van der Waals surface area contributed by atoms with Gasteiger partial charge in [0.25, 0.3) is 0 Å². The van der Waals surface area contributed by atoms with Gasteiger partial charge in [0, 0.05) is 25.7 Å². The fraction of sp³-hybridized carbons (Fsp3) is 1.00. The van der Waals surface area contributed by atoms with E-state index in [1.165, 1.54) is 45.6 Å². The molecule has 1 atom stereocenters. The Morgan fingerprint density at radius 3 is 2.42 bits per heavy atom. The molecular formula is C16H35N3. The van der Waals surface area contributed by atoms with E-state index in [0.29, 0.717) is 5.41 Å². The molecule has 0 amide bonds. The lowest BCUT2D eigenvalue weighted by molar-refractivity contribution is 0.211. The molecule has 0 aliphatic carbocycles. The molecule has 1 rings (SSSR count). The molecule has 0 aromatic carbocycles. The second kappa shape index (κ2) is 8.23. The van der Waals surface area contributed by atoms with Gasteiger partial charge >= 0.3 is 0 Å². The number of hydrogen-bond acceptors (Lipinski definition) is 3. The van der Waals surface area contributed by atoms with E-state index in [2.05, 4.69) is 49.7 Å². The average Bonchev–Trinajstić information content (AvgIpc) is 2.77. The van der Waals surface area contributed by atoms with Crippen LogP contribution in [0.1, 0.15) is 47.5 Å². The molecule has 0 saturated carbocycles. The van der Waals surface area contributed by atoms with Crippen molar-refractivity contribution in [2.24, 2.45) is 5.41 Å². The van der Waals surface area contributed by atoms with E-state index >= 15 is 0 Å². The summed E-state index contributed by atoms with van der Waals surface area (Å²) in [4.78, 5) is 5.22. The van der Waals surface area contributed by atoms with Gasteiger partial charge in [0.1, 0.15) is 0 Å². The van der Waals surface area contributed by atoms with Crippen LogP contribution >= 0.6 is 0 Å². The summed E-state index contributed by atoms with van der Waals surface area (Å²) < 4.78 is 0. The second-order valence-electron chi connectivity index (χ2n) is 7.02. The molecule has 1 N–H and O–H groups in total. The Hall–Kier alpha value is -0.120. The van der Waals surface area contributed by atoms with E-state index in [1.54, 1.807) is 0 Å². The van der Waals surface area contributed by atoms with Crippen molar-refractivity contribution in [1.29, 1.82) is 0 Å². The Morgan fingerprint density at radius 1 is 1.16 bits per heavy atom. The molecule has 0 aromatic rings. The van der Waals surface area contributed by atoms with Crippen LogP contribution in [0.15, 0.2) is 0 Å². The van der Waals surface area contributed by atoms with Gasteiger partial charge in [-0.05, 0) is 44.4 Å². The number of rotatable bonds is 8. The van der Waals surface area contributed by atoms with Crippen molar-refractivity contribution < 1.29 is 0 Å². The summed E-state index contributed by atoms with van der Waals surface area (Å²) in [5.41, 5.74) is 0.453. The Balaban J connectivity index is 2.09. The third-order valence-electron chi connectivity index (χ3n) is 4.23. The molecule has 1 aliphatic rings. The molecule has 3 heteroatoms. The van der Waals surface area contributed by atoms with E-state index < -0.39 is 0 Å². The molecule has 0 radical (unpaired) electrons. The maximum absolute atomic E-state index is 3.59. The lowest BCUT2D eigenvalue weighted by Gasteiger charge is -2.26. The second-order valence-corrected chi connectivity index (χ2v) is 7.02. The third kappa shape index (κ3) is 6.73. The van der Waals surface area contributed by atoms with E-state index in [1.807, 2.05) is 0 Å². The van der Waals surface area contributed by atoms with Crippen LogP contribution in [0.25, 0.3) is 0 Å². The number of hydrogen-bond donors (Lipinski definition) is 1. The molecule has 3 nitrogen and oxygen atoms in total. The van der Waals surface area contributed by atoms with Gasteiger partial charge in [-0.3, -0.25) is 4.90 Å². The van der Waals surface area contributed by atoms with E-state index in [-0.39, 0.29) is 0 Å². The van der Waals surface area contributed by atoms with Crippen molar-refractivity contribution in [2.45, 2.75) is 53.5 Å². The standard InChI is InChI=1S/C16H35N3/c1-6-19(7-2)15-8-12-18(14-15)13-11-17-10-9-16(3,4)5/h15,17H,6-14H2,1-5H3. The van der Waals surface area contributed by atoms with Crippen molar-refractivity contribution in [3.8, 4) is 0 Å². The van der Waals surface area contributed by atoms with Crippen molar-refractivity contribution in [1.82, 2.24) is 15.1 Å². The van der Waals surface area contributed by atoms with E-state index in [4.69, 9.17) is 0 Å². The normalized spacial score (nSPS) is 21.5. The van der Waals surface area contributed by atoms with Crippen molar-refractivity contribution in [2.75, 3.05) is 45.8 Å². The predicted octanol–water partition coefficient (Wildman–Crippen LogP) is 2.43. The molecule has 1 fully saturated rings. The molecule has 0 aromatic heterocycles. The first-order valence-electron chi connectivity index (χ1n) is 8.13. The van der Waals surface area contributed by atoms with Gasteiger partial charge in [-0.15, -0.1) is 0 Å². The molecule has 19 heavy (non-hydrogen) atoms. The summed E-state index contributed by atoms with van der Waals surface area (Å²) in [6.45, 7) is 19.9. The average molecular weight is 269 g/mol. The Kier molecular flexibility index (Phi) is 7.33. The smallest absolute Gasteiger partial charge is 0.0235 e. The van der Waals surface area contributed by atoms with Gasteiger partial charge in [0.05, 0.1) is 0 Å². The molecule has 0 spiro atoms. The summed E-state index contributed by atoms with van der Waals surface area (Å²) >= 11 is 0. The van der Waals surface area contributed by atoms with Crippen molar-refractivity contribution >= 4 is 0 Å². The molecule has 1 aliphatic heterocycles. The monoisotopic (exact) mass is 269 g/mol. The SMILES string of the molecule is CCN(CC)C1CCN(CCNCCC(C)(C)C)C1. The first-order valence-corrected chi connectivity index (χ1v) is 8.13. The Labute approximate surface area is 120 Å². The van der Waals surface area contributed by atoms with E-state index in [0.717, 1.165) is 19.1 Å². The Morgan fingerprint density at radius 2 is 1.84 bits per heavy atom. The fourth-order valence-electron chi connectivity index (χ4n) is 2.88. The van der Waals surface area contributed by atoms with Crippen LogP contribution in [0.3, 0.4) is 0 Å². The summed E-state index contributed by atoms with van der Waals surface area (Å²) in [6, 6.07) is 0.796. The van der Waals surface area contributed by atoms with Crippen LogP contribution in [-0.4, -0.2) is 61.7 Å². The molecule has 1 saturated heterocycles. The first kappa shape index (κ1) is 16.9. The van der Waals surface area contributed by atoms with Crippen LogP contribution in [0.5, 0.6) is 0 Å². The maximum atomic E-state index is 3.59. The largest absolute Gasteiger partial charge is 0.315 e. The molecule has 1 heterocycles. The highest BCUT2D eigenvalue weighted by Gasteiger charge is 2.25. The summed E-state index contributed by atoms with van der Waals surface area (Å²) in [7, 11) is 0. The highest BCUT2D eigenvalue weighted by Crippen LogP contribution is 2.17. The highest BCUT2D eigenvalue weighted by molar-refractivity contribution is 4.82.